The number of aryl methyl sites for hydroxylation is 2. The molecule has 3 rings (SSSR count). The zero-order valence-electron chi connectivity index (χ0n) is 17.5. The Kier molecular flexibility index (Phi) is 8.85. The maximum atomic E-state index is 4.95. The summed E-state index contributed by atoms with van der Waals surface area (Å²) >= 11 is 0. The topological polar surface area (TPSA) is 48.7 Å². The monoisotopic (exact) mass is 488 g/mol. The largest absolute Gasteiger partial charge is 0.357 e. The molecule has 0 aliphatic carbocycles. The Hall–Kier alpha value is -0.830. The number of piperidine rings is 1. The minimum absolute atomic E-state index is 0. The van der Waals surface area contributed by atoms with Gasteiger partial charge in [-0.2, -0.15) is 5.10 Å². The van der Waals surface area contributed by atoms with E-state index < -0.39 is 0 Å². The van der Waals surface area contributed by atoms with Crippen molar-refractivity contribution in [2.45, 2.75) is 53.0 Å². The van der Waals surface area contributed by atoms with Gasteiger partial charge in [0.1, 0.15) is 0 Å². The number of guanidine groups is 1. The van der Waals surface area contributed by atoms with Crippen molar-refractivity contribution in [2.24, 2.45) is 18.0 Å². The lowest BCUT2D eigenvalue weighted by Crippen LogP contribution is -2.41. The highest BCUT2D eigenvalue weighted by Crippen LogP contribution is 2.20. The van der Waals surface area contributed by atoms with Gasteiger partial charge in [0.05, 0.1) is 12.2 Å². The predicted octanol–water partition coefficient (Wildman–Crippen LogP) is 2.93. The van der Waals surface area contributed by atoms with E-state index >= 15 is 0 Å². The summed E-state index contributed by atoms with van der Waals surface area (Å²) in [6, 6.07) is 0. The molecule has 1 N–H and O–H groups in total. The van der Waals surface area contributed by atoms with Crippen molar-refractivity contribution in [1.29, 1.82) is 0 Å². The third-order valence-electron chi connectivity index (χ3n) is 5.93. The van der Waals surface area contributed by atoms with Crippen LogP contribution in [0, 0.1) is 19.8 Å². The molecule has 2 aliphatic rings. The molecule has 1 unspecified atom stereocenters. The maximum Gasteiger partial charge on any atom is 0.194 e. The van der Waals surface area contributed by atoms with E-state index in [0.29, 0.717) is 6.54 Å². The van der Waals surface area contributed by atoms with Crippen LogP contribution in [0.5, 0.6) is 0 Å². The Morgan fingerprint density at radius 1 is 1.19 bits per heavy atom. The molecule has 0 amide bonds. The summed E-state index contributed by atoms with van der Waals surface area (Å²) in [5.41, 5.74) is 3.56. The molecule has 0 radical (unpaired) electrons. The van der Waals surface area contributed by atoms with Gasteiger partial charge in [0.2, 0.25) is 0 Å². The summed E-state index contributed by atoms with van der Waals surface area (Å²) in [5, 5.41) is 8.02. The molecule has 0 spiro atoms. The Morgan fingerprint density at radius 3 is 2.56 bits per heavy atom. The molecule has 0 saturated carbocycles. The van der Waals surface area contributed by atoms with Crippen LogP contribution in [0.3, 0.4) is 0 Å². The van der Waals surface area contributed by atoms with E-state index in [1.807, 2.05) is 11.7 Å². The minimum Gasteiger partial charge on any atom is -0.357 e. The molecular formula is C20H37IN6. The van der Waals surface area contributed by atoms with Gasteiger partial charge in [0.25, 0.3) is 0 Å². The van der Waals surface area contributed by atoms with Gasteiger partial charge in [-0.1, -0.05) is 6.42 Å². The number of hydrogen-bond acceptors (Lipinski definition) is 3. The van der Waals surface area contributed by atoms with Crippen molar-refractivity contribution in [3.05, 3.63) is 17.0 Å². The third kappa shape index (κ3) is 5.82. The van der Waals surface area contributed by atoms with Gasteiger partial charge >= 0.3 is 0 Å². The van der Waals surface area contributed by atoms with E-state index in [-0.39, 0.29) is 24.0 Å². The van der Waals surface area contributed by atoms with Gasteiger partial charge < -0.3 is 15.1 Å². The van der Waals surface area contributed by atoms with Gasteiger partial charge in [0.15, 0.2) is 5.96 Å². The number of aliphatic imine (C=N–C) groups is 1. The second-order valence-corrected chi connectivity index (χ2v) is 7.91. The highest BCUT2D eigenvalue weighted by Gasteiger charge is 2.27. The molecule has 1 atom stereocenters. The van der Waals surface area contributed by atoms with Gasteiger partial charge in [-0.3, -0.25) is 4.68 Å². The number of halogens is 1. The molecule has 2 aliphatic heterocycles. The van der Waals surface area contributed by atoms with Gasteiger partial charge in [-0.05, 0) is 59.0 Å². The zero-order chi connectivity index (χ0) is 18.5. The average Bonchev–Trinajstić information content (AvgIpc) is 3.18. The molecule has 0 aromatic carbocycles. The molecule has 7 heteroatoms. The summed E-state index contributed by atoms with van der Waals surface area (Å²) in [6.07, 6.45) is 5.46. The van der Waals surface area contributed by atoms with Gasteiger partial charge in [-0.25, -0.2) is 4.99 Å². The number of rotatable bonds is 5. The highest BCUT2D eigenvalue weighted by molar-refractivity contribution is 14.0. The van der Waals surface area contributed by atoms with Gasteiger partial charge in [0, 0.05) is 44.5 Å². The quantitative estimate of drug-likeness (QED) is 0.394. The smallest absolute Gasteiger partial charge is 0.194 e. The first-order valence-corrected chi connectivity index (χ1v) is 10.3. The summed E-state index contributed by atoms with van der Waals surface area (Å²) in [7, 11) is 2.01. The number of nitrogens with zero attached hydrogens (tertiary/aromatic N) is 5. The minimum atomic E-state index is 0. The third-order valence-corrected chi connectivity index (χ3v) is 5.93. The molecule has 27 heavy (non-hydrogen) atoms. The molecule has 1 aromatic rings. The molecule has 6 nitrogen and oxygen atoms in total. The van der Waals surface area contributed by atoms with E-state index in [2.05, 4.69) is 41.0 Å². The standard InChI is InChI=1S/C20H36N6.HI/c1-5-21-20(22-13-19-16(2)23-24(4)17(19)3)26-12-9-18(15-26)14-25-10-7-6-8-11-25;/h18H,5-15H2,1-4H3,(H,21,22);1H. The first-order valence-electron chi connectivity index (χ1n) is 10.3. The van der Waals surface area contributed by atoms with Crippen LogP contribution in [0.25, 0.3) is 0 Å². The van der Waals surface area contributed by atoms with E-state index in [1.165, 1.54) is 56.6 Å². The maximum absolute atomic E-state index is 4.95. The fourth-order valence-electron chi connectivity index (χ4n) is 4.31. The second-order valence-electron chi connectivity index (χ2n) is 7.91. The number of aromatic nitrogens is 2. The van der Waals surface area contributed by atoms with Crippen LogP contribution in [0.1, 0.15) is 49.6 Å². The van der Waals surface area contributed by atoms with Crippen molar-refractivity contribution >= 4 is 29.9 Å². The predicted molar refractivity (Wildman–Crippen MR) is 123 cm³/mol. The van der Waals surface area contributed by atoms with Crippen LogP contribution in [-0.2, 0) is 13.6 Å². The summed E-state index contributed by atoms with van der Waals surface area (Å²) in [6.45, 7) is 14.1. The van der Waals surface area contributed by atoms with Crippen LogP contribution in [-0.4, -0.2) is 64.8 Å². The summed E-state index contributed by atoms with van der Waals surface area (Å²) < 4.78 is 1.96. The Balaban J connectivity index is 0.00000261. The van der Waals surface area contributed by atoms with Crippen molar-refractivity contribution < 1.29 is 0 Å². The SMILES string of the molecule is CCNC(=NCc1c(C)nn(C)c1C)N1CCC(CN2CCCCC2)C1.I. The van der Waals surface area contributed by atoms with Crippen molar-refractivity contribution in [2.75, 3.05) is 39.3 Å². The van der Waals surface area contributed by atoms with Crippen LogP contribution in [0.15, 0.2) is 4.99 Å². The van der Waals surface area contributed by atoms with E-state index in [1.54, 1.807) is 0 Å². The van der Waals surface area contributed by atoms with Crippen molar-refractivity contribution in [3.8, 4) is 0 Å². The first-order chi connectivity index (χ1) is 12.6. The number of nitrogens with one attached hydrogen (secondary N) is 1. The fraction of sp³-hybridized carbons (Fsp3) is 0.800. The van der Waals surface area contributed by atoms with Crippen LogP contribution in [0.2, 0.25) is 0 Å². The number of hydrogen-bond donors (Lipinski definition) is 1. The first kappa shape index (κ1) is 22.5. The average molecular weight is 488 g/mol. The molecule has 2 fully saturated rings. The van der Waals surface area contributed by atoms with E-state index in [4.69, 9.17) is 4.99 Å². The van der Waals surface area contributed by atoms with Crippen molar-refractivity contribution in [1.82, 2.24) is 24.9 Å². The van der Waals surface area contributed by atoms with E-state index in [9.17, 15) is 0 Å². The second kappa shape index (κ2) is 10.6. The van der Waals surface area contributed by atoms with Crippen LogP contribution < -0.4 is 5.32 Å². The molecule has 1 aromatic heterocycles. The molecular weight excluding hydrogens is 451 g/mol. The molecule has 154 valence electrons. The summed E-state index contributed by atoms with van der Waals surface area (Å²) in [5.74, 6) is 1.84. The normalized spacial score (nSPS) is 21.4. The van der Waals surface area contributed by atoms with Crippen molar-refractivity contribution in [3.63, 3.8) is 0 Å². The number of likely N-dealkylation sites (tertiary alicyclic amines) is 2. The Morgan fingerprint density at radius 2 is 1.93 bits per heavy atom. The molecule has 3 heterocycles. The van der Waals surface area contributed by atoms with Crippen LogP contribution >= 0.6 is 24.0 Å². The summed E-state index contributed by atoms with van der Waals surface area (Å²) in [4.78, 5) is 10.1. The van der Waals surface area contributed by atoms with Crippen LogP contribution in [0.4, 0.5) is 0 Å². The highest BCUT2D eigenvalue weighted by atomic mass is 127. The Bertz CT molecular complexity index is 620. The van der Waals surface area contributed by atoms with Gasteiger partial charge in [-0.15, -0.1) is 24.0 Å². The lowest BCUT2D eigenvalue weighted by molar-refractivity contribution is 0.198. The fourth-order valence-corrected chi connectivity index (χ4v) is 4.31. The lowest BCUT2D eigenvalue weighted by atomic mass is 10.1. The lowest BCUT2D eigenvalue weighted by Gasteiger charge is -2.29. The Labute approximate surface area is 181 Å². The zero-order valence-corrected chi connectivity index (χ0v) is 19.8. The van der Waals surface area contributed by atoms with E-state index in [0.717, 1.165) is 37.2 Å². The molecule has 0 bridgehead atoms. The molecule has 2 saturated heterocycles.